The second kappa shape index (κ2) is 9.71. The molecular weight excluding hydrogens is 298 g/mol. The summed E-state index contributed by atoms with van der Waals surface area (Å²) in [5.41, 5.74) is 0. The molecule has 6 nitrogen and oxygen atoms in total. The number of aliphatic carboxylic acids is 1. The van der Waals surface area contributed by atoms with Gasteiger partial charge in [-0.15, -0.1) is 0 Å². The Morgan fingerprint density at radius 3 is 2.17 bits per heavy atom. The first-order valence-corrected chi connectivity index (χ1v) is 7.80. The van der Waals surface area contributed by atoms with Crippen LogP contribution in [0.3, 0.4) is 0 Å². The molecule has 0 fully saturated rings. The summed E-state index contributed by atoms with van der Waals surface area (Å²) in [7, 11) is 0. The molecule has 0 radical (unpaired) electrons. The van der Waals surface area contributed by atoms with Crippen molar-refractivity contribution in [1.29, 1.82) is 0 Å². The van der Waals surface area contributed by atoms with Crippen molar-refractivity contribution in [2.24, 2.45) is 5.92 Å². The minimum absolute atomic E-state index is 0.174. The Balaban J connectivity index is 2.44. The lowest BCUT2D eigenvalue weighted by atomic mass is 10.0. The summed E-state index contributed by atoms with van der Waals surface area (Å²) in [4.78, 5) is 22.9. The van der Waals surface area contributed by atoms with E-state index in [9.17, 15) is 9.59 Å². The molecule has 6 heteroatoms. The van der Waals surface area contributed by atoms with Gasteiger partial charge in [0.15, 0.2) is 6.61 Å². The normalized spacial score (nSPS) is 11.8. The number of hydrogen-bond acceptors (Lipinski definition) is 4. The van der Waals surface area contributed by atoms with Crippen molar-refractivity contribution < 1.29 is 24.2 Å². The topological polar surface area (TPSA) is 84.9 Å². The Morgan fingerprint density at radius 2 is 1.70 bits per heavy atom. The van der Waals surface area contributed by atoms with Gasteiger partial charge in [0.05, 0.1) is 6.61 Å². The van der Waals surface area contributed by atoms with E-state index in [1.165, 1.54) is 0 Å². The largest absolute Gasteiger partial charge is 0.494 e. The Bertz CT molecular complexity index is 498. The van der Waals surface area contributed by atoms with Crippen LogP contribution in [-0.4, -0.2) is 36.2 Å². The molecule has 0 aliphatic heterocycles. The van der Waals surface area contributed by atoms with Crippen molar-refractivity contribution in [3.05, 3.63) is 24.3 Å². The molecule has 0 saturated heterocycles. The number of carbonyl (C=O) groups excluding carboxylic acids is 1. The molecular formula is C17H25NO5. The number of carboxylic acids is 1. The summed E-state index contributed by atoms with van der Waals surface area (Å²) < 4.78 is 10.8. The second-order valence-electron chi connectivity index (χ2n) is 5.70. The highest BCUT2D eigenvalue weighted by atomic mass is 16.5. The summed E-state index contributed by atoms with van der Waals surface area (Å²) in [5.74, 6) is -0.0481. The molecule has 1 aromatic carbocycles. The maximum atomic E-state index is 11.8. The summed E-state index contributed by atoms with van der Waals surface area (Å²) in [6, 6.07) is 6.06. The highest BCUT2D eigenvalue weighted by Gasteiger charge is 2.21. The van der Waals surface area contributed by atoms with Crippen LogP contribution in [0.1, 0.15) is 33.6 Å². The van der Waals surface area contributed by atoms with Crippen molar-refractivity contribution in [3.8, 4) is 11.5 Å². The number of rotatable bonds is 10. The third-order valence-corrected chi connectivity index (χ3v) is 3.01. The minimum Gasteiger partial charge on any atom is -0.494 e. The molecule has 1 atom stereocenters. The number of amides is 1. The molecule has 0 heterocycles. The van der Waals surface area contributed by atoms with Gasteiger partial charge >= 0.3 is 5.97 Å². The number of ether oxygens (including phenoxy) is 2. The van der Waals surface area contributed by atoms with E-state index >= 15 is 0 Å². The smallest absolute Gasteiger partial charge is 0.326 e. The van der Waals surface area contributed by atoms with Gasteiger partial charge in [-0.1, -0.05) is 20.8 Å². The first-order valence-electron chi connectivity index (χ1n) is 7.80. The molecule has 0 aliphatic rings. The molecule has 0 spiro atoms. The Kier molecular flexibility index (Phi) is 7.94. The van der Waals surface area contributed by atoms with Gasteiger partial charge in [-0.2, -0.15) is 0 Å². The van der Waals surface area contributed by atoms with Crippen LogP contribution in [-0.2, 0) is 9.59 Å². The van der Waals surface area contributed by atoms with Crippen LogP contribution in [0.25, 0.3) is 0 Å². The molecule has 0 unspecified atom stereocenters. The molecule has 0 bridgehead atoms. The van der Waals surface area contributed by atoms with E-state index in [-0.39, 0.29) is 12.5 Å². The Morgan fingerprint density at radius 1 is 1.13 bits per heavy atom. The van der Waals surface area contributed by atoms with E-state index in [1.807, 2.05) is 20.8 Å². The van der Waals surface area contributed by atoms with Gasteiger partial charge in [0.25, 0.3) is 5.91 Å². The number of hydrogen-bond donors (Lipinski definition) is 2. The SMILES string of the molecule is CCCOc1ccc(OCC(=O)N[C@@H](CC(C)C)C(=O)O)cc1. The van der Waals surface area contributed by atoms with Gasteiger partial charge < -0.3 is 19.9 Å². The average molecular weight is 323 g/mol. The lowest BCUT2D eigenvalue weighted by Crippen LogP contribution is -2.43. The van der Waals surface area contributed by atoms with E-state index in [2.05, 4.69) is 5.32 Å². The molecule has 1 amide bonds. The van der Waals surface area contributed by atoms with Crippen LogP contribution in [0.15, 0.2) is 24.3 Å². The monoisotopic (exact) mass is 323 g/mol. The Hall–Kier alpha value is -2.24. The molecule has 2 N–H and O–H groups in total. The highest BCUT2D eigenvalue weighted by molar-refractivity contribution is 5.84. The van der Waals surface area contributed by atoms with Gasteiger partial charge in [0.2, 0.25) is 0 Å². The molecule has 1 rings (SSSR count). The van der Waals surface area contributed by atoms with Crippen molar-refractivity contribution in [2.75, 3.05) is 13.2 Å². The zero-order valence-corrected chi connectivity index (χ0v) is 13.9. The van der Waals surface area contributed by atoms with Gasteiger partial charge in [0.1, 0.15) is 17.5 Å². The molecule has 0 saturated carbocycles. The zero-order valence-electron chi connectivity index (χ0n) is 13.9. The van der Waals surface area contributed by atoms with Crippen molar-refractivity contribution in [2.45, 2.75) is 39.7 Å². The lowest BCUT2D eigenvalue weighted by Gasteiger charge is -2.16. The Labute approximate surface area is 136 Å². The number of benzene rings is 1. The first kappa shape index (κ1) is 18.8. The molecule has 0 aliphatic carbocycles. The van der Waals surface area contributed by atoms with Crippen LogP contribution >= 0.6 is 0 Å². The second-order valence-corrected chi connectivity index (χ2v) is 5.70. The van der Waals surface area contributed by atoms with Gasteiger partial charge in [0, 0.05) is 0 Å². The molecule has 128 valence electrons. The van der Waals surface area contributed by atoms with E-state index in [1.54, 1.807) is 24.3 Å². The average Bonchev–Trinajstić information content (AvgIpc) is 2.50. The molecule has 0 aromatic heterocycles. The minimum atomic E-state index is -1.04. The van der Waals surface area contributed by atoms with Crippen molar-refractivity contribution >= 4 is 11.9 Å². The van der Waals surface area contributed by atoms with Gasteiger partial charge in [-0.05, 0) is 43.0 Å². The van der Waals surface area contributed by atoms with Crippen LogP contribution < -0.4 is 14.8 Å². The van der Waals surface area contributed by atoms with Gasteiger partial charge in [-0.3, -0.25) is 4.79 Å². The number of nitrogens with one attached hydrogen (secondary N) is 1. The zero-order chi connectivity index (χ0) is 17.2. The third kappa shape index (κ3) is 7.54. The fourth-order valence-electron chi connectivity index (χ4n) is 1.93. The first-order chi connectivity index (χ1) is 10.9. The standard InChI is InChI=1S/C17H25NO5/c1-4-9-22-13-5-7-14(8-6-13)23-11-16(19)18-15(17(20)21)10-12(2)3/h5-8,12,15H,4,9-11H2,1-3H3,(H,18,19)(H,20,21)/t15-/m0/s1. The van der Waals surface area contributed by atoms with E-state index in [0.717, 1.165) is 12.2 Å². The van der Waals surface area contributed by atoms with E-state index in [0.29, 0.717) is 18.8 Å². The molecule has 1 aromatic rings. The summed E-state index contributed by atoms with van der Waals surface area (Å²) in [6.07, 6.45) is 1.31. The fraction of sp³-hybridized carbons (Fsp3) is 0.529. The maximum absolute atomic E-state index is 11.8. The van der Waals surface area contributed by atoms with E-state index in [4.69, 9.17) is 14.6 Å². The van der Waals surface area contributed by atoms with Crippen LogP contribution in [0.4, 0.5) is 0 Å². The fourth-order valence-corrected chi connectivity index (χ4v) is 1.93. The summed E-state index contributed by atoms with van der Waals surface area (Å²) >= 11 is 0. The summed E-state index contributed by atoms with van der Waals surface area (Å²) in [6.45, 7) is 6.26. The van der Waals surface area contributed by atoms with Crippen molar-refractivity contribution in [3.63, 3.8) is 0 Å². The maximum Gasteiger partial charge on any atom is 0.326 e. The van der Waals surface area contributed by atoms with Crippen LogP contribution in [0.2, 0.25) is 0 Å². The predicted octanol–water partition coefficient (Wildman–Crippen LogP) is 2.47. The van der Waals surface area contributed by atoms with Crippen LogP contribution in [0.5, 0.6) is 11.5 Å². The quantitative estimate of drug-likeness (QED) is 0.691. The number of carboxylic acid groups (broad SMARTS) is 1. The van der Waals surface area contributed by atoms with Crippen molar-refractivity contribution in [1.82, 2.24) is 5.32 Å². The van der Waals surface area contributed by atoms with Gasteiger partial charge in [-0.25, -0.2) is 4.79 Å². The molecule has 23 heavy (non-hydrogen) atoms. The van der Waals surface area contributed by atoms with E-state index < -0.39 is 17.9 Å². The highest BCUT2D eigenvalue weighted by Crippen LogP contribution is 2.17. The summed E-state index contributed by atoms with van der Waals surface area (Å²) in [5, 5.41) is 11.6. The predicted molar refractivity (Wildman–Crippen MR) is 86.7 cm³/mol. The number of carbonyl (C=O) groups is 2. The third-order valence-electron chi connectivity index (χ3n) is 3.01. The lowest BCUT2D eigenvalue weighted by molar-refractivity contribution is -0.142. The van der Waals surface area contributed by atoms with Crippen LogP contribution in [0, 0.1) is 5.92 Å².